The van der Waals surface area contributed by atoms with Crippen LogP contribution in [0.3, 0.4) is 0 Å². The van der Waals surface area contributed by atoms with Crippen LogP contribution in [0.1, 0.15) is 27.0 Å². The van der Waals surface area contributed by atoms with E-state index in [0.717, 1.165) is 10.8 Å². The molecule has 3 rings (SSSR count). The van der Waals surface area contributed by atoms with E-state index in [1.807, 2.05) is 6.92 Å². The summed E-state index contributed by atoms with van der Waals surface area (Å²) in [6.07, 6.45) is -0.893. The molecule has 2 aliphatic heterocycles. The predicted molar refractivity (Wildman–Crippen MR) is 66.3 cm³/mol. The predicted octanol–water partition coefficient (Wildman–Crippen LogP) is 0.402. The molecule has 4 unspecified atom stereocenters. The summed E-state index contributed by atoms with van der Waals surface area (Å²) in [5.41, 5.74) is 4.58. The van der Waals surface area contributed by atoms with E-state index in [2.05, 4.69) is 4.98 Å². The van der Waals surface area contributed by atoms with Gasteiger partial charge in [-0.25, -0.2) is 9.18 Å². The monoisotopic (exact) mass is 285 g/mol. The molecular weight excluding hydrogens is 269 g/mol. The van der Waals surface area contributed by atoms with Crippen LogP contribution in [0.15, 0.2) is 11.0 Å². The number of fused-ring (bicyclic) bond motifs is 1. The van der Waals surface area contributed by atoms with Crippen LogP contribution in [0, 0.1) is 5.82 Å². The van der Waals surface area contributed by atoms with Crippen LogP contribution in [0.5, 0.6) is 0 Å². The Balaban J connectivity index is 1.99. The van der Waals surface area contributed by atoms with Crippen LogP contribution < -0.4 is 11.4 Å². The van der Waals surface area contributed by atoms with Gasteiger partial charge in [-0.05, 0) is 20.8 Å². The van der Waals surface area contributed by atoms with Gasteiger partial charge in [-0.3, -0.25) is 4.57 Å². The van der Waals surface area contributed by atoms with Crippen LogP contribution in [0.25, 0.3) is 0 Å². The second kappa shape index (κ2) is 4.24. The topological polar surface area (TPSA) is 88.6 Å². The van der Waals surface area contributed by atoms with Gasteiger partial charge < -0.3 is 19.9 Å². The lowest BCUT2D eigenvalue weighted by molar-refractivity contribution is -0.195. The Hall–Kier alpha value is -1.51. The highest BCUT2D eigenvalue weighted by atomic mass is 19.1. The fourth-order valence-electron chi connectivity index (χ4n) is 2.64. The van der Waals surface area contributed by atoms with Crippen LogP contribution in [-0.2, 0) is 14.2 Å². The molecule has 7 nitrogen and oxygen atoms in total. The van der Waals surface area contributed by atoms with Crippen molar-refractivity contribution in [2.45, 2.75) is 51.1 Å². The molecule has 2 aliphatic rings. The minimum Gasteiger partial charge on any atom is -0.381 e. The van der Waals surface area contributed by atoms with Crippen LogP contribution in [0.2, 0.25) is 0 Å². The number of nitrogens with zero attached hydrogens (tertiary/aromatic N) is 2. The SMILES string of the molecule is CC1OC(n2cc(F)c(N)nc2=O)C2OC(C)(C)OC12. The van der Waals surface area contributed by atoms with Crippen molar-refractivity contribution in [1.82, 2.24) is 9.55 Å². The average Bonchev–Trinajstić information content (AvgIpc) is 2.80. The Morgan fingerprint density at radius 3 is 2.75 bits per heavy atom. The Morgan fingerprint density at radius 1 is 1.40 bits per heavy atom. The van der Waals surface area contributed by atoms with Gasteiger partial charge in [0, 0.05) is 0 Å². The summed E-state index contributed by atoms with van der Waals surface area (Å²) >= 11 is 0. The number of anilines is 1. The highest BCUT2D eigenvalue weighted by Crippen LogP contribution is 2.42. The Kier molecular flexibility index (Phi) is 2.86. The number of rotatable bonds is 1. The highest BCUT2D eigenvalue weighted by Gasteiger charge is 2.54. The van der Waals surface area contributed by atoms with E-state index in [1.54, 1.807) is 13.8 Å². The molecule has 0 spiro atoms. The van der Waals surface area contributed by atoms with Gasteiger partial charge in [0.25, 0.3) is 0 Å². The van der Waals surface area contributed by atoms with Gasteiger partial charge in [0.1, 0.15) is 12.2 Å². The van der Waals surface area contributed by atoms with Crippen LogP contribution >= 0.6 is 0 Å². The maximum atomic E-state index is 13.5. The van der Waals surface area contributed by atoms with Crippen molar-refractivity contribution in [3.05, 3.63) is 22.5 Å². The first-order valence-electron chi connectivity index (χ1n) is 6.34. The number of nitrogens with two attached hydrogens (primary N) is 1. The normalized spacial score (nSPS) is 35.2. The summed E-state index contributed by atoms with van der Waals surface area (Å²) in [4.78, 5) is 15.3. The number of hydrogen-bond acceptors (Lipinski definition) is 6. The minimum absolute atomic E-state index is 0.278. The zero-order chi connectivity index (χ0) is 14.7. The molecule has 2 saturated heterocycles. The van der Waals surface area contributed by atoms with E-state index < -0.39 is 35.4 Å². The summed E-state index contributed by atoms with van der Waals surface area (Å²) in [7, 11) is 0. The second-order valence-corrected chi connectivity index (χ2v) is 5.46. The number of nitrogen functional groups attached to an aromatic ring is 1. The third-order valence-electron chi connectivity index (χ3n) is 3.47. The molecule has 3 heterocycles. The zero-order valence-corrected chi connectivity index (χ0v) is 11.4. The van der Waals surface area contributed by atoms with E-state index in [-0.39, 0.29) is 12.2 Å². The Morgan fingerprint density at radius 2 is 2.05 bits per heavy atom. The smallest absolute Gasteiger partial charge is 0.351 e. The molecule has 20 heavy (non-hydrogen) atoms. The van der Waals surface area contributed by atoms with E-state index in [0.29, 0.717) is 0 Å². The van der Waals surface area contributed by atoms with Crippen molar-refractivity contribution in [1.29, 1.82) is 0 Å². The van der Waals surface area contributed by atoms with Gasteiger partial charge >= 0.3 is 5.69 Å². The summed E-state index contributed by atoms with van der Waals surface area (Å²) in [5, 5.41) is 0. The van der Waals surface area contributed by atoms with Crippen molar-refractivity contribution in [2.75, 3.05) is 5.73 Å². The first-order valence-corrected chi connectivity index (χ1v) is 6.34. The average molecular weight is 285 g/mol. The standard InChI is InChI=1S/C12H16FN3O4/c1-5-7-8(20-12(2,3)19-7)10(18-5)16-4-6(13)9(14)15-11(16)17/h4-5,7-8,10H,1-3H3,(H2,14,15,17). The summed E-state index contributed by atoms with van der Waals surface area (Å²) in [6, 6.07) is 0. The molecule has 2 N–H and O–H groups in total. The Labute approximate surface area is 114 Å². The number of hydrogen-bond donors (Lipinski definition) is 1. The Bertz CT molecular complexity index is 603. The zero-order valence-electron chi connectivity index (χ0n) is 11.4. The maximum Gasteiger partial charge on any atom is 0.351 e. The molecule has 1 aromatic rings. The largest absolute Gasteiger partial charge is 0.381 e. The van der Waals surface area contributed by atoms with Crippen molar-refractivity contribution in [3.63, 3.8) is 0 Å². The first-order chi connectivity index (χ1) is 9.28. The van der Waals surface area contributed by atoms with Gasteiger partial charge in [-0.15, -0.1) is 0 Å². The fourth-order valence-corrected chi connectivity index (χ4v) is 2.64. The lowest BCUT2D eigenvalue weighted by atomic mass is 10.1. The third-order valence-corrected chi connectivity index (χ3v) is 3.47. The van der Waals surface area contributed by atoms with Crippen LogP contribution in [0.4, 0.5) is 10.2 Å². The molecule has 0 amide bonds. The van der Waals surface area contributed by atoms with E-state index in [9.17, 15) is 9.18 Å². The molecule has 4 atom stereocenters. The lowest BCUT2D eigenvalue weighted by Gasteiger charge is -2.23. The molecule has 1 aromatic heterocycles. The maximum absolute atomic E-state index is 13.5. The first kappa shape index (κ1) is 13.5. The molecule has 0 aromatic carbocycles. The van der Waals surface area contributed by atoms with E-state index in [1.165, 1.54) is 0 Å². The summed E-state index contributed by atoms with van der Waals surface area (Å²) in [6.45, 7) is 5.37. The van der Waals surface area contributed by atoms with Crippen LogP contribution in [-0.4, -0.2) is 33.7 Å². The molecule has 0 bridgehead atoms. The van der Waals surface area contributed by atoms with Gasteiger partial charge in [0.05, 0.1) is 12.3 Å². The minimum atomic E-state index is -0.785. The van der Waals surface area contributed by atoms with Crippen molar-refractivity contribution in [2.24, 2.45) is 0 Å². The second-order valence-electron chi connectivity index (χ2n) is 5.46. The molecule has 0 aliphatic carbocycles. The molecule has 2 fully saturated rings. The van der Waals surface area contributed by atoms with E-state index in [4.69, 9.17) is 19.9 Å². The fraction of sp³-hybridized carbons (Fsp3) is 0.667. The molecule has 8 heteroatoms. The van der Waals surface area contributed by atoms with Gasteiger partial charge in [-0.2, -0.15) is 4.98 Å². The summed E-state index contributed by atoms with van der Waals surface area (Å²) in [5.74, 6) is -1.98. The molecule has 0 radical (unpaired) electrons. The quantitative estimate of drug-likeness (QED) is 0.803. The highest BCUT2D eigenvalue weighted by molar-refractivity contribution is 5.26. The number of halogens is 1. The van der Waals surface area contributed by atoms with Crippen molar-refractivity contribution in [3.8, 4) is 0 Å². The van der Waals surface area contributed by atoms with Crippen molar-refractivity contribution >= 4 is 5.82 Å². The van der Waals surface area contributed by atoms with Gasteiger partial charge in [0.2, 0.25) is 0 Å². The molecular formula is C12H16FN3O4. The molecule has 0 saturated carbocycles. The van der Waals surface area contributed by atoms with E-state index >= 15 is 0 Å². The number of aromatic nitrogens is 2. The van der Waals surface area contributed by atoms with Crippen molar-refractivity contribution < 1.29 is 18.6 Å². The lowest BCUT2D eigenvalue weighted by Crippen LogP contribution is -2.35. The number of ether oxygens (including phenoxy) is 3. The van der Waals surface area contributed by atoms with Gasteiger partial charge in [-0.1, -0.05) is 0 Å². The third kappa shape index (κ3) is 2.00. The molecule has 110 valence electrons. The van der Waals surface area contributed by atoms with Gasteiger partial charge in [0.15, 0.2) is 23.7 Å². The summed E-state index contributed by atoms with van der Waals surface area (Å²) < 4.78 is 31.7.